The largest absolute Gasteiger partial charge is 0.444 e. The van der Waals surface area contributed by atoms with Crippen LogP contribution in [0.5, 0.6) is 0 Å². The van der Waals surface area contributed by atoms with Crippen molar-refractivity contribution in [2.45, 2.75) is 64.5 Å². The zero-order chi connectivity index (χ0) is 29.7. The molecule has 3 heterocycles. The molecule has 0 saturated heterocycles. The van der Waals surface area contributed by atoms with Gasteiger partial charge in [0.25, 0.3) is 0 Å². The molecular formula is C31H39ClFN7O2. The summed E-state index contributed by atoms with van der Waals surface area (Å²) < 4.78 is 21.3. The number of carbonyl (C=O) groups excluding carboxylic acids is 1. The van der Waals surface area contributed by atoms with Crippen LogP contribution in [0, 0.1) is 11.7 Å². The second kappa shape index (κ2) is 13.1. The van der Waals surface area contributed by atoms with Crippen molar-refractivity contribution >= 4 is 34.4 Å². The summed E-state index contributed by atoms with van der Waals surface area (Å²) in [6.07, 6.45) is 11.7. The van der Waals surface area contributed by atoms with Crippen LogP contribution >= 0.6 is 11.6 Å². The number of aromatic amines is 1. The van der Waals surface area contributed by atoms with Crippen molar-refractivity contribution in [3.8, 4) is 0 Å². The first-order chi connectivity index (χ1) is 20.2. The minimum Gasteiger partial charge on any atom is -0.444 e. The highest BCUT2D eigenvalue weighted by Crippen LogP contribution is 2.38. The van der Waals surface area contributed by atoms with Gasteiger partial charge in [0.05, 0.1) is 17.3 Å². The normalized spacial score (nSPS) is 17.1. The molecule has 1 aliphatic carbocycles. The van der Waals surface area contributed by atoms with Gasteiger partial charge in [-0.1, -0.05) is 23.7 Å². The van der Waals surface area contributed by atoms with Crippen LogP contribution in [0.2, 0.25) is 5.15 Å². The van der Waals surface area contributed by atoms with Crippen LogP contribution in [-0.2, 0) is 11.2 Å². The van der Waals surface area contributed by atoms with E-state index in [1.165, 1.54) is 18.5 Å². The molecule has 1 amide bonds. The topological polar surface area (TPSA) is 92.2 Å². The molecule has 3 aromatic heterocycles. The van der Waals surface area contributed by atoms with Crippen molar-refractivity contribution in [2.24, 2.45) is 5.92 Å². The van der Waals surface area contributed by atoms with Crippen molar-refractivity contribution in [3.05, 3.63) is 71.8 Å². The second-order valence-corrected chi connectivity index (χ2v) is 12.4. The minimum atomic E-state index is -0.588. The first-order valence-corrected chi connectivity index (χ1v) is 15.0. The van der Waals surface area contributed by atoms with Gasteiger partial charge < -0.3 is 19.1 Å². The predicted octanol–water partition coefficient (Wildman–Crippen LogP) is 6.66. The summed E-state index contributed by atoms with van der Waals surface area (Å²) in [6.45, 7) is 8.32. The zero-order valence-corrected chi connectivity index (χ0v) is 25.2. The summed E-state index contributed by atoms with van der Waals surface area (Å²) in [4.78, 5) is 25.8. The fraction of sp³-hybridized carbons (Fsp3) is 0.484. The summed E-state index contributed by atoms with van der Waals surface area (Å²) in [5.41, 5.74) is 2.31. The van der Waals surface area contributed by atoms with Crippen molar-refractivity contribution < 1.29 is 13.9 Å². The molecule has 0 radical (unpaired) electrons. The number of halogens is 2. The number of ether oxygens (including phenoxy) is 1. The zero-order valence-electron chi connectivity index (χ0n) is 24.5. The van der Waals surface area contributed by atoms with Gasteiger partial charge in [-0.2, -0.15) is 5.10 Å². The van der Waals surface area contributed by atoms with E-state index in [-0.39, 0.29) is 11.9 Å². The molecule has 0 spiro atoms. The second-order valence-electron chi connectivity index (χ2n) is 12.1. The summed E-state index contributed by atoms with van der Waals surface area (Å²) >= 11 is 6.28. The van der Waals surface area contributed by atoms with Gasteiger partial charge in [0.15, 0.2) is 0 Å². The molecule has 1 N–H and O–H groups in total. The lowest BCUT2D eigenvalue weighted by Gasteiger charge is -2.30. The van der Waals surface area contributed by atoms with Crippen LogP contribution in [-0.4, -0.2) is 67.5 Å². The van der Waals surface area contributed by atoms with Crippen LogP contribution in [0.25, 0.3) is 11.0 Å². The molecule has 9 nitrogen and oxygen atoms in total. The third-order valence-electron chi connectivity index (χ3n) is 7.79. The molecule has 42 heavy (non-hydrogen) atoms. The van der Waals surface area contributed by atoms with Gasteiger partial charge in [0, 0.05) is 44.6 Å². The average Bonchev–Trinajstić information content (AvgIpc) is 3.71. The lowest BCUT2D eigenvalue weighted by Crippen LogP contribution is -2.40. The first kappa shape index (κ1) is 29.8. The summed E-state index contributed by atoms with van der Waals surface area (Å²) in [5.74, 6) is 0.232. The van der Waals surface area contributed by atoms with Crippen molar-refractivity contribution in [3.63, 3.8) is 0 Å². The third kappa shape index (κ3) is 7.59. The molecule has 0 unspecified atom stereocenters. The molecule has 11 heteroatoms. The Kier molecular flexibility index (Phi) is 9.30. The van der Waals surface area contributed by atoms with E-state index in [1.807, 2.05) is 39.2 Å². The Labute approximate surface area is 251 Å². The van der Waals surface area contributed by atoms with E-state index < -0.39 is 5.60 Å². The predicted molar refractivity (Wildman–Crippen MR) is 162 cm³/mol. The maximum Gasteiger partial charge on any atom is 0.410 e. The van der Waals surface area contributed by atoms with E-state index in [0.717, 1.165) is 61.1 Å². The first-order valence-electron chi connectivity index (χ1n) is 14.6. The molecule has 224 valence electrons. The quantitative estimate of drug-likeness (QED) is 0.195. The molecule has 0 bridgehead atoms. The SMILES string of the molecule is CC(C)(C)OC(=O)N(CCCN(C[C@@H]1CC[C@H](n2ccc3c(Cl)ncnc32)C1)c1cn[nH]c1)CCc1ccc(F)cc1. The maximum absolute atomic E-state index is 13.4. The van der Waals surface area contributed by atoms with E-state index in [2.05, 4.69) is 35.8 Å². The van der Waals surface area contributed by atoms with Gasteiger partial charge in [-0.15, -0.1) is 0 Å². The summed E-state index contributed by atoms with van der Waals surface area (Å²) in [5, 5.41) is 8.50. The Morgan fingerprint density at radius 2 is 1.95 bits per heavy atom. The monoisotopic (exact) mass is 595 g/mol. The van der Waals surface area contributed by atoms with E-state index in [9.17, 15) is 9.18 Å². The van der Waals surface area contributed by atoms with E-state index in [1.54, 1.807) is 17.0 Å². The fourth-order valence-electron chi connectivity index (χ4n) is 5.74. The molecule has 1 aliphatic rings. The van der Waals surface area contributed by atoms with E-state index >= 15 is 0 Å². The molecule has 5 rings (SSSR count). The van der Waals surface area contributed by atoms with Crippen LogP contribution in [0.4, 0.5) is 14.9 Å². The highest BCUT2D eigenvalue weighted by molar-refractivity contribution is 6.33. The molecule has 0 aliphatic heterocycles. The molecular weight excluding hydrogens is 557 g/mol. The van der Waals surface area contributed by atoms with Crippen LogP contribution in [0.15, 0.2) is 55.2 Å². The van der Waals surface area contributed by atoms with Gasteiger partial charge in [-0.3, -0.25) is 5.10 Å². The molecule has 4 aromatic rings. The Hall–Kier alpha value is -3.66. The highest BCUT2D eigenvalue weighted by atomic mass is 35.5. The lowest BCUT2D eigenvalue weighted by atomic mass is 10.1. The summed E-state index contributed by atoms with van der Waals surface area (Å²) in [7, 11) is 0. The number of nitrogens with one attached hydrogen (secondary N) is 1. The van der Waals surface area contributed by atoms with E-state index in [0.29, 0.717) is 36.6 Å². The number of hydrogen-bond donors (Lipinski definition) is 1. The Bertz CT molecular complexity index is 1450. The lowest BCUT2D eigenvalue weighted by molar-refractivity contribution is 0.0250. The smallest absolute Gasteiger partial charge is 0.410 e. The van der Waals surface area contributed by atoms with Gasteiger partial charge >= 0.3 is 6.09 Å². The number of amides is 1. The van der Waals surface area contributed by atoms with Gasteiger partial charge in [0.2, 0.25) is 0 Å². The van der Waals surface area contributed by atoms with Crippen LogP contribution < -0.4 is 4.90 Å². The maximum atomic E-state index is 13.4. The Morgan fingerprint density at radius 3 is 2.69 bits per heavy atom. The standard InChI is InChI=1S/C31H39ClFN7O2/c1-31(2,3)42-30(41)38(15-11-22-5-8-24(33)9-6-22)13-4-14-39(26-18-36-37-19-26)20-23-7-10-25(17-23)40-16-12-27-28(32)34-21-35-29(27)40/h5-6,8-9,12,16,18-19,21,23,25H,4,7,10-11,13-15,17,20H2,1-3H3,(H,36,37)/t23-,25+/m1/s1. The average molecular weight is 596 g/mol. The number of rotatable bonds is 11. The summed E-state index contributed by atoms with van der Waals surface area (Å²) in [6, 6.07) is 8.77. The Morgan fingerprint density at radius 1 is 1.14 bits per heavy atom. The highest BCUT2D eigenvalue weighted by Gasteiger charge is 2.29. The van der Waals surface area contributed by atoms with E-state index in [4.69, 9.17) is 16.3 Å². The van der Waals surface area contributed by atoms with Gasteiger partial charge in [-0.25, -0.2) is 19.2 Å². The van der Waals surface area contributed by atoms with Crippen LogP contribution in [0.1, 0.15) is 58.1 Å². The van der Waals surface area contributed by atoms with Crippen molar-refractivity contribution in [2.75, 3.05) is 31.1 Å². The number of nitrogens with zero attached hydrogens (tertiary/aromatic N) is 6. The van der Waals surface area contributed by atoms with Crippen molar-refractivity contribution in [1.29, 1.82) is 0 Å². The molecule has 2 atom stereocenters. The number of benzene rings is 1. The number of anilines is 1. The number of aromatic nitrogens is 5. The van der Waals surface area contributed by atoms with Gasteiger partial charge in [0.1, 0.15) is 28.5 Å². The number of fused-ring (bicyclic) bond motifs is 1. The molecule has 1 aromatic carbocycles. The number of carbonyl (C=O) groups is 1. The van der Waals surface area contributed by atoms with Crippen molar-refractivity contribution in [1.82, 2.24) is 29.6 Å². The Balaban J connectivity index is 1.21. The van der Waals surface area contributed by atoms with Crippen LogP contribution in [0.3, 0.4) is 0 Å². The van der Waals surface area contributed by atoms with Gasteiger partial charge in [-0.05, 0) is 82.6 Å². The fourth-order valence-corrected chi connectivity index (χ4v) is 5.94. The molecule has 1 saturated carbocycles. The number of hydrogen-bond acceptors (Lipinski definition) is 6. The molecule has 1 fully saturated rings. The number of H-pyrrole nitrogens is 1. The third-order valence-corrected chi connectivity index (χ3v) is 8.09. The minimum absolute atomic E-state index is 0.268.